The first-order valence-electron chi connectivity index (χ1n) is 6.55. The van der Waals surface area contributed by atoms with Gasteiger partial charge in [0.25, 0.3) is 0 Å². The number of hydrogen-bond donors (Lipinski definition) is 1. The number of methoxy groups -OCH3 is 1. The summed E-state index contributed by atoms with van der Waals surface area (Å²) < 4.78 is 5.35. The maximum atomic E-state index is 5.86. The molecule has 1 fully saturated rings. The van der Waals surface area contributed by atoms with Gasteiger partial charge in [-0.25, -0.2) is 0 Å². The smallest absolute Gasteiger partial charge is 0.122 e. The van der Waals surface area contributed by atoms with Crippen LogP contribution in [0.25, 0.3) is 11.3 Å². The van der Waals surface area contributed by atoms with E-state index in [1.165, 1.54) is 5.56 Å². The van der Waals surface area contributed by atoms with Crippen LogP contribution < -0.4 is 10.5 Å². The SMILES string of the molecule is COc1cc(-c2ccc(C3CC3N)cn2)ccc1C. The Kier molecular flexibility index (Phi) is 2.99. The van der Waals surface area contributed by atoms with Gasteiger partial charge in [-0.05, 0) is 36.6 Å². The molecular weight excluding hydrogens is 236 g/mol. The summed E-state index contributed by atoms with van der Waals surface area (Å²) >= 11 is 0. The van der Waals surface area contributed by atoms with Crippen LogP contribution in [0.1, 0.15) is 23.5 Å². The average Bonchev–Trinajstić information content (AvgIpc) is 3.17. The van der Waals surface area contributed by atoms with E-state index in [9.17, 15) is 0 Å². The van der Waals surface area contributed by atoms with Gasteiger partial charge in [0.05, 0.1) is 12.8 Å². The van der Waals surface area contributed by atoms with Gasteiger partial charge in [0.2, 0.25) is 0 Å². The van der Waals surface area contributed by atoms with E-state index in [1.807, 2.05) is 19.2 Å². The van der Waals surface area contributed by atoms with Crippen LogP contribution in [0.2, 0.25) is 0 Å². The number of aryl methyl sites for hydroxylation is 1. The maximum absolute atomic E-state index is 5.86. The number of aromatic nitrogens is 1. The molecule has 0 aliphatic heterocycles. The van der Waals surface area contributed by atoms with Crippen LogP contribution in [-0.4, -0.2) is 18.1 Å². The van der Waals surface area contributed by atoms with Gasteiger partial charge < -0.3 is 10.5 Å². The Morgan fingerprint density at radius 3 is 2.63 bits per heavy atom. The Hall–Kier alpha value is -1.87. The monoisotopic (exact) mass is 254 g/mol. The van der Waals surface area contributed by atoms with E-state index in [4.69, 9.17) is 10.5 Å². The third-order valence-electron chi connectivity index (χ3n) is 3.76. The highest BCUT2D eigenvalue weighted by Gasteiger charge is 2.34. The number of pyridine rings is 1. The molecule has 1 aromatic carbocycles. The second-order valence-electron chi connectivity index (χ2n) is 5.17. The molecule has 1 aliphatic rings. The summed E-state index contributed by atoms with van der Waals surface area (Å²) in [6.45, 7) is 2.04. The van der Waals surface area contributed by atoms with Crippen LogP contribution >= 0.6 is 0 Å². The summed E-state index contributed by atoms with van der Waals surface area (Å²) in [6, 6.07) is 10.7. The molecule has 2 N–H and O–H groups in total. The van der Waals surface area contributed by atoms with E-state index in [1.54, 1.807) is 7.11 Å². The third kappa shape index (κ3) is 2.34. The van der Waals surface area contributed by atoms with E-state index in [-0.39, 0.29) is 0 Å². The van der Waals surface area contributed by atoms with E-state index < -0.39 is 0 Å². The molecule has 2 unspecified atom stereocenters. The standard InChI is InChI=1S/C16H18N2O/c1-10-3-4-11(7-16(10)19-2)15-6-5-12(9-18-15)13-8-14(13)17/h3-7,9,13-14H,8,17H2,1-2H3. The summed E-state index contributed by atoms with van der Waals surface area (Å²) in [7, 11) is 1.69. The Morgan fingerprint density at radius 1 is 1.26 bits per heavy atom. The van der Waals surface area contributed by atoms with Gasteiger partial charge in [-0.1, -0.05) is 18.2 Å². The number of hydrogen-bond acceptors (Lipinski definition) is 3. The molecule has 1 aliphatic carbocycles. The van der Waals surface area contributed by atoms with E-state index >= 15 is 0 Å². The van der Waals surface area contributed by atoms with Gasteiger partial charge in [0.1, 0.15) is 5.75 Å². The largest absolute Gasteiger partial charge is 0.496 e. The zero-order chi connectivity index (χ0) is 13.4. The fourth-order valence-electron chi connectivity index (χ4n) is 2.37. The first-order chi connectivity index (χ1) is 9.19. The van der Waals surface area contributed by atoms with Crippen LogP contribution in [0.3, 0.4) is 0 Å². The topological polar surface area (TPSA) is 48.1 Å². The van der Waals surface area contributed by atoms with Crippen molar-refractivity contribution in [3.8, 4) is 17.0 Å². The van der Waals surface area contributed by atoms with E-state index in [0.29, 0.717) is 12.0 Å². The van der Waals surface area contributed by atoms with Crippen molar-refractivity contribution in [1.29, 1.82) is 0 Å². The lowest BCUT2D eigenvalue weighted by atomic mass is 10.1. The molecule has 2 atom stereocenters. The van der Waals surface area contributed by atoms with Gasteiger partial charge in [0, 0.05) is 23.7 Å². The maximum Gasteiger partial charge on any atom is 0.122 e. The number of ether oxygens (including phenoxy) is 1. The Labute approximate surface area is 113 Å². The number of nitrogens with two attached hydrogens (primary N) is 1. The molecule has 1 heterocycles. The molecule has 3 rings (SSSR count). The summed E-state index contributed by atoms with van der Waals surface area (Å²) in [5, 5.41) is 0. The van der Waals surface area contributed by atoms with Crippen molar-refractivity contribution in [2.24, 2.45) is 5.73 Å². The lowest BCUT2D eigenvalue weighted by molar-refractivity contribution is 0.412. The molecule has 3 nitrogen and oxygen atoms in total. The second-order valence-corrected chi connectivity index (χ2v) is 5.17. The minimum atomic E-state index is 0.326. The molecule has 98 valence electrons. The van der Waals surface area contributed by atoms with Crippen LogP contribution in [0.4, 0.5) is 0 Å². The molecule has 3 heteroatoms. The predicted molar refractivity (Wildman–Crippen MR) is 76.3 cm³/mol. The van der Waals surface area contributed by atoms with E-state index in [0.717, 1.165) is 29.0 Å². The van der Waals surface area contributed by atoms with Crippen LogP contribution in [0.15, 0.2) is 36.5 Å². The van der Waals surface area contributed by atoms with Gasteiger partial charge in [-0.2, -0.15) is 0 Å². The third-order valence-corrected chi connectivity index (χ3v) is 3.76. The highest BCUT2D eigenvalue weighted by molar-refractivity contribution is 5.62. The predicted octanol–water partition coefficient (Wildman–Crippen LogP) is 2.88. The van der Waals surface area contributed by atoms with Crippen LogP contribution in [0.5, 0.6) is 5.75 Å². The first kappa shape index (κ1) is 12.2. The Morgan fingerprint density at radius 2 is 2.05 bits per heavy atom. The lowest BCUT2D eigenvalue weighted by Gasteiger charge is -2.08. The van der Waals surface area contributed by atoms with Crippen molar-refractivity contribution < 1.29 is 4.74 Å². The molecule has 2 aromatic rings. The minimum Gasteiger partial charge on any atom is -0.496 e. The van der Waals surface area contributed by atoms with Gasteiger partial charge in [-0.3, -0.25) is 4.98 Å². The zero-order valence-electron chi connectivity index (χ0n) is 11.3. The van der Waals surface area contributed by atoms with Crippen LogP contribution in [-0.2, 0) is 0 Å². The number of benzene rings is 1. The lowest BCUT2D eigenvalue weighted by Crippen LogP contribution is -2.01. The molecule has 0 bridgehead atoms. The minimum absolute atomic E-state index is 0.326. The Bertz CT molecular complexity index is 592. The average molecular weight is 254 g/mol. The Balaban J connectivity index is 1.89. The van der Waals surface area contributed by atoms with Crippen molar-refractivity contribution in [3.63, 3.8) is 0 Å². The van der Waals surface area contributed by atoms with Crippen molar-refractivity contribution in [1.82, 2.24) is 4.98 Å². The van der Waals surface area contributed by atoms with Crippen molar-refractivity contribution in [2.45, 2.75) is 25.3 Å². The van der Waals surface area contributed by atoms with Crippen molar-refractivity contribution in [3.05, 3.63) is 47.7 Å². The van der Waals surface area contributed by atoms with E-state index in [2.05, 4.69) is 29.2 Å². The van der Waals surface area contributed by atoms with Gasteiger partial charge in [0.15, 0.2) is 0 Å². The highest BCUT2D eigenvalue weighted by atomic mass is 16.5. The molecular formula is C16H18N2O. The molecule has 0 amide bonds. The number of nitrogens with zero attached hydrogens (tertiary/aromatic N) is 1. The highest BCUT2D eigenvalue weighted by Crippen LogP contribution is 2.39. The molecule has 1 saturated carbocycles. The summed E-state index contributed by atoms with van der Waals surface area (Å²) in [6.07, 6.45) is 3.03. The molecule has 0 radical (unpaired) electrons. The van der Waals surface area contributed by atoms with Crippen molar-refractivity contribution >= 4 is 0 Å². The molecule has 1 aromatic heterocycles. The molecule has 0 saturated heterocycles. The van der Waals surface area contributed by atoms with Crippen molar-refractivity contribution in [2.75, 3.05) is 7.11 Å². The quantitative estimate of drug-likeness (QED) is 0.916. The summed E-state index contributed by atoms with van der Waals surface area (Å²) in [4.78, 5) is 4.54. The van der Waals surface area contributed by atoms with Gasteiger partial charge in [-0.15, -0.1) is 0 Å². The molecule has 19 heavy (non-hydrogen) atoms. The van der Waals surface area contributed by atoms with Crippen LogP contribution in [0, 0.1) is 6.92 Å². The molecule has 0 spiro atoms. The van der Waals surface area contributed by atoms with Gasteiger partial charge >= 0.3 is 0 Å². The number of rotatable bonds is 3. The normalized spacial score (nSPS) is 21.2. The summed E-state index contributed by atoms with van der Waals surface area (Å²) in [5.41, 5.74) is 10.3. The summed E-state index contributed by atoms with van der Waals surface area (Å²) in [5.74, 6) is 1.40. The zero-order valence-corrected chi connectivity index (χ0v) is 11.3. The fraction of sp³-hybridized carbons (Fsp3) is 0.312. The second kappa shape index (κ2) is 4.67. The fourth-order valence-corrected chi connectivity index (χ4v) is 2.37. The first-order valence-corrected chi connectivity index (χ1v) is 6.55.